The highest BCUT2D eigenvalue weighted by Crippen LogP contribution is 2.27. The average molecular weight is 514 g/mol. The summed E-state index contributed by atoms with van der Waals surface area (Å²) >= 11 is 1.29. The van der Waals surface area contributed by atoms with Crippen molar-refractivity contribution in [1.29, 1.82) is 0 Å². The van der Waals surface area contributed by atoms with Crippen LogP contribution in [0.5, 0.6) is 0 Å². The standard InChI is InChI=1S/C22H22FN5OS.C2H2O4/c23-16-5-6-18-20(11-16)30-22(25-18)26-21(29)13-27-9-7-15(8-10-27)12-28-14-24-17-3-1-2-4-19(17)28;3-1(4)2(5)6/h1-6,11,14-15H,7-10,12-13H2,(H,25,26,29);(H,3,4)(H,5,6). The summed E-state index contributed by atoms with van der Waals surface area (Å²) in [6.45, 7) is 3.11. The number of aromatic nitrogens is 3. The highest BCUT2D eigenvalue weighted by atomic mass is 32.1. The number of imidazole rings is 1. The number of benzene rings is 2. The average Bonchev–Trinajstić information content (AvgIpc) is 3.43. The summed E-state index contributed by atoms with van der Waals surface area (Å²) in [5, 5.41) is 18.2. The van der Waals surface area contributed by atoms with Crippen LogP contribution in [0.25, 0.3) is 21.3 Å². The summed E-state index contributed by atoms with van der Waals surface area (Å²) in [5.41, 5.74) is 2.91. The van der Waals surface area contributed by atoms with Gasteiger partial charge >= 0.3 is 11.9 Å². The molecule has 3 N–H and O–H groups in total. The van der Waals surface area contributed by atoms with E-state index in [-0.39, 0.29) is 11.7 Å². The second-order valence-electron chi connectivity index (χ2n) is 8.39. The molecule has 12 heteroatoms. The van der Waals surface area contributed by atoms with Crippen molar-refractivity contribution >= 4 is 55.6 Å². The van der Waals surface area contributed by atoms with Crippen LogP contribution < -0.4 is 5.32 Å². The summed E-state index contributed by atoms with van der Waals surface area (Å²) in [4.78, 5) is 41.7. The third kappa shape index (κ3) is 6.40. The molecule has 0 atom stereocenters. The zero-order chi connectivity index (χ0) is 25.7. The second kappa shape index (κ2) is 11.2. The molecule has 1 aliphatic rings. The Balaban J connectivity index is 0.000000455. The van der Waals surface area contributed by atoms with Gasteiger partial charge in [0, 0.05) is 6.54 Å². The number of hydrogen-bond acceptors (Lipinski definition) is 7. The lowest BCUT2D eigenvalue weighted by Gasteiger charge is -2.31. The molecule has 1 amide bonds. The highest BCUT2D eigenvalue weighted by molar-refractivity contribution is 7.22. The van der Waals surface area contributed by atoms with Crippen molar-refractivity contribution in [2.24, 2.45) is 5.92 Å². The first-order valence-electron chi connectivity index (χ1n) is 11.2. The lowest BCUT2D eigenvalue weighted by molar-refractivity contribution is -0.159. The van der Waals surface area contributed by atoms with E-state index in [1.54, 1.807) is 6.07 Å². The maximum atomic E-state index is 13.3. The molecule has 5 rings (SSSR count). The number of piperidine rings is 1. The Morgan fingerprint density at radius 3 is 2.50 bits per heavy atom. The normalized spacial score (nSPS) is 14.4. The van der Waals surface area contributed by atoms with E-state index in [1.165, 1.54) is 29.0 Å². The molecule has 0 bridgehead atoms. The number of likely N-dealkylation sites (tertiary alicyclic amines) is 1. The van der Waals surface area contributed by atoms with E-state index in [9.17, 15) is 9.18 Å². The minimum absolute atomic E-state index is 0.0754. The third-order valence-corrected chi connectivity index (χ3v) is 6.77. The molecule has 4 aromatic rings. The third-order valence-electron chi connectivity index (χ3n) is 5.84. The number of amides is 1. The highest BCUT2D eigenvalue weighted by Gasteiger charge is 2.22. The molecule has 0 aliphatic carbocycles. The van der Waals surface area contributed by atoms with Crippen LogP contribution in [0, 0.1) is 11.7 Å². The van der Waals surface area contributed by atoms with E-state index >= 15 is 0 Å². The summed E-state index contributed by atoms with van der Waals surface area (Å²) in [7, 11) is 0. The molecule has 1 saturated heterocycles. The van der Waals surface area contributed by atoms with Crippen molar-refractivity contribution in [1.82, 2.24) is 19.4 Å². The molecule has 188 valence electrons. The van der Waals surface area contributed by atoms with Gasteiger partial charge in [0.1, 0.15) is 5.82 Å². The van der Waals surface area contributed by atoms with Gasteiger partial charge in [0.25, 0.3) is 0 Å². The van der Waals surface area contributed by atoms with E-state index < -0.39 is 11.9 Å². The number of thiazole rings is 1. The van der Waals surface area contributed by atoms with E-state index in [4.69, 9.17) is 19.8 Å². The molecule has 0 spiro atoms. The van der Waals surface area contributed by atoms with Crippen molar-refractivity contribution in [2.75, 3.05) is 25.0 Å². The number of carbonyl (C=O) groups is 3. The van der Waals surface area contributed by atoms with Gasteiger partial charge in [-0.25, -0.2) is 23.9 Å². The Bertz CT molecular complexity index is 1380. The molecule has 1 fully saturated rings. The molecule has 10 nitrogen and oxygen atoms in total. The molecule has 3 heterocycles. The molecule has 0 saturated carbocycles. The van der Waals surface area contributed by atoms with Crippen LogP contribution in [0.1, 0.15) is 12.8 Å². The Kier molecular flexibility index (Phi) is 7.86. The van der Waals surface area contributed by atoms with Gasteiger partial charge in [-0.15, -0.1) is 0 Å². The molecule has 2 aromatic heterocycles. The van der Waals surface area contributed by atoms with Gasteiger partial charge in [-0.3, -0.25) is 9.69 Å². The monoisotopic (exact) mass is 513 g/mol. The fraction of sp³-hybridized carbons (Fsp3) is 0.292. The fourth-order valence-electron chi connectivity index (χ4n) is 4.07. The zero-order valence-electron chi connectivity index (χ0n) is 19.1. The number of aliphatic carboxylic acids is 2. The maximum absolute atomic E-state index is 13.3. The lowest BCUT2D eigenvalue weighted by Crippen LogP contribution is -2.39. The topological polar surface area (TPSA) is 138 Å². The van der Waals surface area contributed by atoms with Crippen LogP contribution >= 0.6 is 11.3 Å². The van der Waals surface area contributed by atoms with Gasteiger partial charge in [0.05, 0.1) is 34.1 Å². The predicted octanol–water partition coefficient (Wildman–Crippen LogP) is 3.29. The minimum atomic E-state index is -1.82. The van der Waals surface area contributed by atoms with Gasteiger partial charge in [-0.1, -0.05) is 23.5 Å². The number of para-hydroxylation sites is 2. The Morgan fingerprint density at radius 1 is 1.06 bits per heavy atom. The number of nitrogens with one attached hydrogen (secondary N) is 1. The van der Waals surface area contributed by atoms with Crippen molar-refractivity contribution in [3.8, 4) is 0 Å². The quantitative estimate of drug-likeness (QED) is 0.346. The molecule has 36 heavy (non-hydrogen) atoms. The van der Waals surface area contributed by atoms with Gasteiger partial charge in [-0.2, -0.15) is 0 Å². The SMILES string of the molecule is O=C(CN1CCC(Cn2cnc3ccccc32)CC1)Nc1nc2ccc(F)cc2s1.O=C(O)C(=O)O. The van der Waals surface area contributed by atoms with Crippen molar-refractivity contribution < 1.29 is 29.0 Å². The van der Waals surface area contributed by atoms with Crippen LogP contribution in [0.2, 0.25) is 0 Å². The molecular formula is C24H24FN5O5S. The number of hydrogen-bond donors (Lipinski definition) is 3. The van der Waals surface area contributed by atoms with Gasteiger partial charge < -0.3 is 20.1 Å². The van der Waals surface area contributed by atoms with Crippen LogP contribution in [0.3, 0.4) is 0 Å². The largest absolute Gasteiger partial charge is 0.473 e. The van der Waals surface area contributed by atoms with Crippen LogP contribution in [-0.4, -0.2) is 67.1 Å². The van der Waals surface area contributed by atoms with Crippen LogP contribution in [-0.2, 0) is 20.9 Å². The van der Waals surface area contributed by atoms with E-state index in [0.717, 1.165) is 42.7 Å². The van der Waals surface area contributed by atoms with Gasteiger partial charge in [0.15, 0.2) is 5.13 Å². The first kappa shape index (κ1) is 25.2. The van der Waals surface area contributed by atoms with Crippen LogP contribution in [0.15, 0.2) is 48.8 Å². The smallest absolute Gasteiger partial charge is 0.414 e. The Labute approximate surface area is 209 Å². The molecule has 2 aromatic carbocycles. The number of carboxylic acids is 2. The predicted molar refractivity (Wildman–Crippen MR) is 132 cm³/mol. The molecule has 0 radical (unpaired) electrons. The first-order chi connectivity index (χ1) is 17.3. The van der Waals surface area contributed by atoms with E-state index in [2.05, 4.69) is 30.8 Å². The van der Waals surface area contributed by atoms with E-state index in [1.807, 2.05) is 24.5 Å². The summed E-state index contributed by atoms with van der Waals surface area (Å²) in [6, 6.07) is 12.7. The Hall–Kier alpha value is -3.90. The number of halogens is 1. The minimum Gasteiger partial charge on any atom is -0.473 e. The number of fused-ring (bicyclic) bond motifs is 2. The van der Waals surface area contributed by atoms with Gasteiger partial charge in [-0.05, 0) is 62.2 Å². The lowest BCUT2D eigenvalue weighted by atomic mass is 9.96. The van der Waals surface area contributed by atoms with Gasteiger partial charge in [0.2, 0.25) is 5.91 Å². The zero-order valence-corrected chi connectivity index (χ0v) is 19.9. The fourth-order valence-corrected chi connectivity index (χ4v) is 4.98. The molecular weight excluding hydrogens is 489 g/mol. The second-order valence-corrected chi connectivity index (χ2v) is 9.43. The van der Waals surface area contributed by atoms with E-state index in [0.29, 0.717) is 23.1 Å². The number of anilines is 1. The maximum Gasteiger partial charge on any atom is 0.414 e. The number of carboxylic acid groups (broad SMARTS) is 2. The molecule has 1 aliphatic heterocycles. The van der Waals surface area contributed by atoms with Crippen molar-refractivity contribution in [3.63, 3.8) is 0 Å². The summed E-state index contributed by atoms with van der Waals surface area (Å²) in [6.07, 6.45) is 4.04. The van der Waals surface area contributed by atoms with Crippen molar-refractivity contribution in [2.45, 2.75) is 19.4 Å². The molecule has 0 unspecified atom stereocenters. The number of nitrogens with zero attached hydrogens (tertiary/aromatic N) is 4. The summed E-state index contributed by atoms with van der Waals surface area (Å²) < 4.78 is 16.3. The Morgan fingerprint density at radius 2 is 1.78 bits per heavy atom. The van der Waals surface area contributed by atoms with Crippen molar-refractivity contribution in [3.05, 3.63) is 54.6 Å². The first-order valence-corrected chi connectivity index (χ1v) is 12.0. The summed E-state index contributed by atoms with van der Waals surface area (Å²) in [5.74, 6) is -3.43. The van der Waals surface area contributed by atoms with Crippen LogP contribution in [0.4, 0.5) is 9.52 Å². The number of rotatable bonds is 5. The number of carbonyl (C=O) groups excluding carboxylic acids is 1.